The fraction of sp³-hybridized carbons (Fsp3) is 0.190. The molecule has 3 N–H and O–H groups in total. The van der Waals surface area contributed by atoms with Crippen molar-refractivity contribution in [3.8, 4) is 16.9 Å². The Morgan fingerprint density at radius 2 is 2.12 bits per heavy atom. The third-order valence-electron chi connectivity index (χ3n) is 5.36. The Labute approximate surface area is 185 Å². The van der Waals surface area contributed by atoms with E-state index in [1.165, 1.54) is 11.6 Å². The molecule has 0 saturated heterocycles. The van der Waals surface area contributed by atoms with E-state index < -0.39 is 17.1 Å². The van der Waals surface area contributed by atoms with E-state index in [0.717, 1.165) is 17.7 Å². The van der Waals surface area contributed by atoms with Crippen LogP contribution < -0.4 is 14.8 Å². The molecular formula is C21H19FN6O3S. The van der Waals surface area contributed by atoms with Crippen molar-refractivity contribution >= 4 is 22.9 Å². The van der Waals surface area contributed by atoms with Crippen molar-refractivity contribution in [2.24, 2.45) is 0 Å². The van der Waals surface area contributed by atoms with Crippen LogP contribution in [0.5, 0.6) is 5.75 Å². The molecule has 11 heteroatoms. The Morgan fingerprint density at radius 3 is 2.97 bits per heavy atom. The molecule has 164 valence electrons. The van der Waals surface area contributed by atoms with Gasteiger partial charge in [0.15, 0.2) is 5.65 Å². The van der Waals surface area contributed by atoms with Crippen molar-refractivity contribution in [1.82, 2.24) is 24.3 Å². The maximum absolute atomic E-state index is 14.5. The predicted octanol–water partition coefficient (Wildman–Crippen LogP) is 2.70. The van der Waals surface area contributed by atoms with Crippen LogP contribution >= 0.6 is 0 Å². The molecule has 32 heavy (non-hydrogen) atoms. The molecule has 4 aromatic rings. The second kappa shape index (κ2) is 8.61. The normalized spacial score (nSPS) is 13.7. The first-order valence-corrected chi connectivity index (χ1v) is 11.0. The zero-order valence-electron chi connectivity index (χ0n) is 16.8. The van der Waals surface area contributed by atoms with Crippen LogP contribution in [0.25, 0.3) is 16.8 Å². The average Bonchev–Trinajstić information content (AvgIpc) is 3.46. The van der Waals surface area contributed by atoms with Crippen molar-refractivity contribution in [2.45, 2.75) is 19.5 Å². The van der Waals surface area contributed by atoms with Gasteiger partial charge in [-0.1, -0.05) is 24.3 Å². The van der Waals surface area contributed by atoms with E-state index in [-0.39, 0.29) is 12.1 Å². The molecule has 0 aliphatic carbocycles. The molecule has 9 nitrogen and oxygen atoms in total. The van der Waals surface area contributed by atoms with Gasteiger partial charge in [0.1, 0.15) is 17.9 Å². The van der Waals surface area contributed by atoms with E-state index >= 15 is 0 Å². The first kappa shape index (κ1) is 20.5. The lowest BCUT2D eigenvalue weighted by atomic mass is 10.1. The topological polar surface area (TPSA) is 114 Å². The van der Waals surface area contributed by atoms with E-state index in [9.17, 15) is 8.60 Å². The highest BCUT2D eigenvalue weighted by Gasteiger charge is 2.17. The Morgan fingerprint density at radius 1 is 1.22 bits per heavy atom. The van der Waals surface area contributed by atoms with Crippen LogP contribution in [0.3, 0.4) is 0 Å². The minimum absolute atomic E-state index is 0.0646. The molecule has 2 aromatic heterocycles. The zero-order chi connectivity index (χ0) is 22.1. The van der Waals surface area contributed by atoms with Crippen LogP contribution in [-0.4, -0.2) is 35.0 Å². The number of nitrogens with zero attached hydrogens (tertiary/aromatic N) is 4. The summed E-state index contributed by atoms with van der Waals surface area (Å²) < 4.78 is 43.7. The monoisotopic (exact) mass is 454 g/mol. The molecule has 0 spiro atoms. The summed E-state index contributed by atoms with van der Waals surface area (Å²) in [5.74, 6) is 0.991. The van der Waals surface area contributed by atoms with Crippen molar-refractivity contribution in [3.05, 3.63) is 71.4 Å². The van der Waals surface area contributed by atoms with Crippen molar-refractivity contribution < 1.29 is 17.9 Å². The highest BCUT2D eigenvalue weighted by Crippen LogP contribution is 2.29. The maximum atomic E-state index is 14.5. The van der Waals surface area contributed by atoms with Gasteiger partial charge < -0.3 is 10.1 Å². The fourth-order valence-corrected chi connectivity index (χ4v) is 4.06. The molecule has 1 atom stereocenters. The van der Waals surface area contributed by atoms with Gasteiger partial charge in [-0.25, -0.2) is 18.3 Å². The van der Waals surface area contributed by atoms with Gasteiger partial charge in [-0.3, -0.25) is 8.95 Å². The molecule has 1 aliphatic rings. The lowest BCUT2D eigenvalue weighted by Gasteiger charge is -2.12. The van der Waals surface area contributed by atoms with Gasteiger partial charge in [0, 0.05) is 42.4 Å². The lowest BCUT2D eigenvalue weighted by molar-refractivity contribution is 0.357. The standard InChI is InChI=1S/C21H19FN6O3S/c22-18-8-13(4-5-15(18)10-26-32(29)30)17-11-24-21(28-12-25-27-20(17)28)23-9-14-2-1-3-19-16(14)6-7-31-19/h1-5,8,11-12,26H,6-7,9-10H2,(H,23,24)(H,29,30). The van der Waals surface area contributed by atoms with Gasteiger partial charge in [0.2, 0.25) is 17.2 Å². The number of aromatic nitrogens is 4. The number of fused-ring (bicyclic) bond motifs is 2. The summed E-state index contributed by atoms with van der Waals surface area (Å²) in [6.07, 6.45) is 4.06. The zero-order valence-corrected chi connectivity index (χ0v) is 17.6. The summed E-state index contributed by atoms with van der Waals surface area (Å²) in [7, 11) is 0. The minimum atomic E-state index is -2.21. The molecule has 0 saturated carbocycles. The summed E-state index contributed by atoms with van der Waals surface area (Å²) >= 11 is -2.21. The highest BCUT2D eigenvalue weighted by atomic mass is 32.2. The van der Waals surface area contributed by atoms with Gasteiger partial charge in [-0.15, -0.1) is 10.2 Å². The van der Waals surface area contributed by atoms with Crippen LogP contribution in [0.1, 0.15) is 16.7 Å². The Bertz CT molecular complexity index is 1330. The fourth-order valence-electron chi connectivity index (χ4n) is 3.78. The van der Waals surface area contributed by atoms with Crippen molar-refractivity contribution in [1.29, 1.82) is 0 Å². The summed E-state index contributed by atoms with van der Waals surface area (Å²) in [5, 5.41) is 11.5. The molecule has 0 radical (unpaired) electrons. The number of halogens is 1. The summed E-state index contributed by atoms with van der Waals surface area (Å²) in [4.78, 5) is 4.51. The first-order valence-electron chi connectivity index (χ1n) is 9.89. The summed E-state index contributed by atoms with van der Waals surface area (Å²) in [6.45, 7) is 1.19. The van der Waals surface area contributed by atoms with Gasteiger partial charge in [-0.05, 0) is 23.3 Å². The smallest absolute Gasteiger partial charge is 0.232 e. The van der Waals surface area contributed by atoms with E-state index in [4.69, 9.17) is 9.29 Å². The molecule has 5 rings (SSSR count). The lowest BCUT2D eigenvalue weighted by Crippen LogP contribution is -2.16. The number of hydrogen-bond donors (Lipinski definition) is 3. The Kier molecular flexibility index (Phi) is 5.52. The van der Waals surface area contributed by atoms with Gasteiger partial charge in [-0.2, -0.15) is 0 Å². The second-order valence-corrected chi connectivity index (χ2v) is 8.03. The van der Waals surface area contributed by atoms with Gasteiger partial charge >= 0.3 is 0 Å². The molecule has 1 aliphatic heterocycles. The SMILES string of the molecule is O=S(O)NCc1ccc(-c2cnc(NCc3cccc4c3CCO4)n3cnnc23)cc1F. The summed E-state index contributed by atoms with van der Waals surface area (Å²) in [6, 6.07) is 10.6. The number of ether oxygens (including phenoxy) is 1. The molecule has 2 aromatic carbocycles. The molecular weight excluding hydrogens is 435 g/mol. The maximum Gasteiger partial charge on any atom is 0.232 e. The predicted molar refractivity (Wildman–Crippen MR) is 117 cm³/mol. The quantitative estimate of drug-likeness (QED) is 0.368. The Hall–Kier alpha value is -3.41. The van der Waals surface area contributed by atoms with Crippen LogP contribution in [-0.2, 0) is 30.8 Å². The third-order valence-corrected chi connectivity index (χ3v) is 5.75. The Balaban J connectivity index is 1.41. The number of nitrogens with one attached hydrogen (secondary N) is 2. The number of anilines is 1. The van der Waals surface area contributed by atoms with Gasteiger partial charge in [0.25, 0.3) is 0 Å². The van der Waals surface area contributed by atoms with Crippen LogP contribution in [0.2, 0.25) is 0 Å². The second-order valence-electron chi connectivity index (χ2n) is 7.24. The van der Waals surface area contributed by atoms with E-state index in [1.807, 2.05) is 12.1 Å². The summed E-state index contributed by atoms with van der Waals surface area (Å²) in [5.41, 5.74) is 4.34. The molecule has 1 unspecified atom stereocenters. The molecule has 0 fully saturated rings. The largest absolute Gasteiger partial charge is 0.493 e. The first-order chi connectivity index (χ1) is 15.6. The van der Waals surface area contributed by atoms with E-state index in [0.29, 0.717) is 35.9 Å². The van der Waals surface area contributed by atoms with E-state index in [1.54, 1.807) is 29.1 Å². The molecule has 0 bridgehead atoms. The van der Waals surface area contributed by atoms with Crippen molar-refractivity contribution in [3.63, 3.8) is 0 Å². The number of hydrogen-bond acceptors (Lipinski definition) is 6. The van der Waals surface area contributed by atoms with Crippen LogP contribution in [0, 0.1) is 5.82 Å². The number of rotatable bonds is 7. The molecule has 3 heterocycles. The van der Waals surface area contributed by atoms with E-state index in [2.05, 4.69) is 31.3 Å². The highest BCUT2D eigenvalue weighted by molar-refractivity contribution is 7.77. The third kappa shape index (κ3) is 3.93. The van der Waals surface area contributed by atoms with Crippen LogP contribution in [0.4, 0.5) is 10.3 Å². The average molecular weight is 454 g/mol. The molecule has 0 amide bonds. The van der Waals surface area contributed by atoms with Crippen LogP contribution in [0.15, 0.2) is 48.9 Å². The van der Waals surface area contributed by atoms with Crippen molar-refractivity contribution in [2.75, 3.05) is 11.9 Å². The number of benzene rings is 2. The minimum Gasteiger partial charge on any atom is -0.493 e. The van der Waals surface area contributed by atoms with Gasteiger partial charge in [0.05, 0.1) is 6.61 Å².